The molecular formula is C12H16N2O4. The first-order chi connectivity index (χ1) is 8.59. The van der Waals surface area contributed by atoms with Crippen LogP contribution in [0.15, 0.2) is 24.5 Å². The van der Waals surface area contributed by atoms with E-state index in [4.69, 9.17) is 10.2 Å². The van der Waals surface area contributed by atoms with Crippen molar-refractivity contribution >= 4 is 11.9 Å². The molecule has 1 amide bonds. The van der Waals surface area contributed by atoms with Crippen LogP contribution in [0.4, 0.5) is 0 Å². The van der Waals surface area contributed by atoms with Gasteiger partial charge in [0.25, 0.3) is 0 Å². The van der Waals surface area contributed by atoms with E-state index in [1.165, 1.54) is 0 Å². The molecule has 1 aromatic rings. The minimum atomic E-state index is -1.43. The summed E-state index contributed by atoms with van der Waals surface area (Å²) in [4.78, 5) is 25.7. The maximum atomic E-state index is 11.4. The number of hydrogen-bond donors (Lipinski definition) is 3. The zero-order valence-electron chi connectivity index (χ0n) is 9.87. The zero-order chi connectivity index (χ0) is 13.4. The molecule has 1 heterocycles. The highest BCUT2D eigenvalue weighted by Crippen LogP contribution is 2.00. The Balaban J connectivity index is 2.17. The maximum Gasteiger partial charge on any atom is 0.332 e. The predicted molar refractivity (Wildman–Crippen MR) is 63.8 cm³/mol. The summed E-state index contributed by atoms with van der Waals surface area (Å²) in [7, 11) is 0. The van der Waals surface area contributed by atoms with E-state index in [2.05, 4.69) is 10.3 Å². The number of nitrogens with one attached hydrogen (secondary N) is 1. The number of carboxylic acid groups (broad SMARTS) is 1. The molecule has 1 aromatic heterocycles. The van der Waals surface area contributed by atoms with E-state index in [0.29, 0.717) is 12.8 Å². The lowest BCUT2D eigenvalue weighted by Crippen LogP contribution is -2.30. The van der Waals surface area contributed by atoms with Crippen molar-refractivity contribution in [2.75, 3.05) is 6.54 Å². The number of aryl methyl sites for hydroxylation is 1. The van der Waals surface area contributed by atoms with E-state index >= 15 is 0 Å². The number of hydrogen-bond acceptors (Lipinski definition) is 4. The summed E-state index contributed by atoms with van der Waals surface area (Å²) in [5.41, 5.74) is 0.971. The SMILES string of the molecule is O=C(CCc1cccnc1)NCC[C@H](O)C(=O)O. The smallest absolute Gasteiger partial charge is 0.332 e. The van der Waals surface area contributed by atoms with Crippen LogP contribution in [0.25, 0.3) is 0 Å². The summed E-state index contributed by atoms with van der Waals surface area (Å²) in [6.45, 7) is 0.152. The maximum absolute atomic E-state index is 11.4. The number of carbonyl (C=O) groups excluding carboxylic acids is 1. The second-order valence-electron chi connectivity index (χ2n) is 3.85. The fourth-order valence-corrected chi connectivity index (χ4v) is 1.36. The molecule has 0 saturated carbocycles. The van der Waals surface area contributed by atoms with Crippen LogP contribution in [0, 0.1) is 0 Å². The van der Waals surface area contributed by atoms with Gasteiger partial charge in [0.15, 0.2) is 6.10 Å². The van der Waals surface area contributed by atoms with Crippen molar-refractivity contribution in [3.05, 3.63) is 30.1 Å². The average molecular weight is 252 g/mol. The van der Waals surface area contributed by atoms with Crippen molar-refractivity contribution in [3.8, 4) is 0 Å². The lowest BCUT2D eigenvalue weighted by molar-refractivity contribution is -0.147. The van der Waals surface area contributed by atoms with E-state index in [0.717, 1.165) is 5.56 Å². The molecule has 0 aliphatic carbocycles. The van der Waals surface area contributed by atoms with Crippen molar-refractivity contribution in [2.45, 2.75) is 25.4 Å². The average Bonchev–Trinajstić information content (AvgIpc) is 2.37. The Bertz CT molecular complexity index is 394. The molecule has 6 nitrogen and oxygen atoms in total. The molecule has 1 atom stereocenters. The number of amides is 1. The highest BCUT2D eigenvalue weighted by molar-refractivity contribution is 5.76. The van der Waals surface area contributed by atoms with Crippen molar-refractivity contribution in [1.82, 2.24) is 10.3 Å². The molecule has 1 rings (SSSR count). The second kappa shape index (κ2) is 7.39. The topological polar surface area (TPSA) is 99.5 Å². The van der Waals surface area contributed by atoms with E-state index < -0.39 is 12.1 Å². The van der Waals surface area contributed by atoms with Crippen LogP contribution in [0.5, 0.6) is 0 Å². The van der Waals surface area contributed by atoms with Gasteiger partial charge in [-0.1, -0.05) is 6.07 Å². The molecule has 0 bridgehead atoms. The minimum Gasteiger partial charge on any atom is -0.479 e. The van der Waals surface area contributed by atoms with Gasteiger partial charge in [0, 0.05) is 31.8 Å². The molecule has 0 unspecified atom stereocenters. The molecule has 0 aliphatic rings. The molecule has 0 aliphatic heterocycles. The third-order valence-electron chi connectivity index (χ3n) is 2.39. The van der Waals surface area contributed by atoms with Gasteiger partial charge in [0.2, 0.25) is 5.91 Å². The first-order valence-corrected chi connectivity index (χ1v) is 5.66. The highest BCUT2D eigenvalue weighted by atomic mass is 16.4. The summed E-state index contributed by atoms with van der Waals surface area (Å²) < 4.78 is 0. The van der Waals surface area contributed by atoms with E-state index in [9.17, 15) is 9.59 Å². The first-order valence-electron chi connectivity index (χ1n) is 5.66. The number of aromatic nitrogens is 1. The Kier molecular flexibility index (Phi) is 5.79. The number of aliphatic hydroxyl groups is 1. The molecular weight excluding hydrogens is 236 g/mol. The monoisotopic (exact) mass is 252 g/mol. The molecule has 98 valence electrons. The molecule has 18 heavy (non-hydrogen) atoms. The van der Waals surface area contributed by atoms with E-state index in [1.54, 1.807) is 18.5 Å². The van der Waals surface area contributed by atoms with Crippen LogP contribution >= 0.6 is 0 Å². The summed E-state index contributed by atoms with van der Waals surface area (Å²) in [6, 6.07) is 3.69. The number of nitrogens with zero attached hydrogens (tertiary/aromatic N) is 1. The first kappa shape index (κ1) is 14.1. The molecule has 0 spiro atoms. The molecule has 6 heteroatoms. The van der Waals surface area contributed by atoms with Crippen molar-refractivity contribution < 1.29 is 19.8 Å². The Hall–Kier alpha value is -1.95. The number of pyridine rings is 1. The number of carbonyl (C=O) groups is 2. The summed E-state index contributed by atoms with van der Waals surface area (Å²) in [5.74, 6) is -1.45. The molecule has 0 fully saturated rings. The standard InChI is InChI=1S/C12H16N2O4/c15-10(12(17)18)5-7-14-11(16)4-3-9-2-1-6-13-8-9/h1-2,6,8,10,15H,3-5,7H2,(H,14,16)(H,17,18)/t10-/m0/s1. The van der Waals surface area contributed by atoms with Gasteiger partial charge in [-0.05, 0) is 18.1 Å². The lowest BCUT2D eigenvalue weighted by Gasteiger charge is -2.07. The Labute approximate surface area is 105 Å². The van der Waals surface area contributed by atoms with Crippen LogP contribution in [-0.2, 0) is 16.0 Å². The number of carboxylic acids is 1. The Morgan fingerprint density at radius 1 is 1.44 bits per heavy atom. The summed E-state index contributed by atoms with van der Waals surface area (Å²) >= 11 is 0. The van der Waals surface area contributed by atoms with Gasteiger partial charge in [-0.2, -0.15) is 0 Å². The van der Waals surface area contributed by atoms with Crippen LogP contribution in [0.1, 0.15) is 18.4 Å². The molecule has 0 radical (unpaired) electrons. The zero-order valence-corrected chi connectivity index (χ0v) is 9.87. The highest BCUT2D eigenvalue weighted by Gasteiger charge is 2.12. The lowest BCUT2D eigenvalue weighted by atomic mass is 10.1. The second-order valence-corrected chi connectivity index (χ2v) is 3.85. The van der Waals surface area contributed by atoms with Gasteiger partial charge < -0.3 is 15.5 Å². The quantitative estimate of drug-likeness (QED) is 0.632. The largest absolute Gasteiger partial charge is 0.479 e. The van der Waals surface area contributed by atoms with Crippen LogP contribution in [0.2, 0.25) is 0 Å². The van der Waals surface area contributed by atoms with Gasteiger partial charge in [-0.3, -0.25) is 9.78 Å². The van der Waals surface area contributed by atoms with Gasteiger partial charge in [0.1, 0.15) is 0 Å². The van der Waals surface area contributed by atoms with Gasteiger partial charge in [-0.25, -0.2) is 4.79 Å². The Morgan fingerprint density at radius 2 is 2.22 bits per heavy atom. The number of aliphatic hydroxyl groups excluding tert-OH is 1. The van der Waals surface area contributed by atoms with Crippen LogP contribution in [0.3, 0.4) is 0 Å². The van der Waals surface area contributed by atoms with Gasteiger partial charge in [-0.15, -0.1) is 0 Å². The van der Waals surface area contributed by atoms with Crippen molar-refractivity contribution in [3.63, 3.8) is 0 Å². The number of aliphatic carboxylic acids is 1. The Morgan fingerprint density at radius 3 is 2.83 bits per heavy atom. The normalized spacial score (nSPS) is 11.8. The summed E-state index contributed by atoms with van der Waals surface area (Å²) in [6.07, 6.45) is 2.84. The fraction of sp³-hybridized carbons (Fsp3) is 0.417. The van der Waals surface area contributed by atoms with E-state index in [1.807, 2.05) is 6.07 Å². The van der Waals surface area contributed by atoms with Crippen LogP contribution < -0.4 is 5.32 Å². The van der Waals surface area contributed by atoms with E-state index in [-0.39, 0.29) is 18.9 Å². The van der Waals surface area contributed by atoms with Crippen molar-refractivity contribution in [1.29, 1.82) is 0 Å². The molecule has 0 saturated heterocycles. The third-order valence-corrected chi connectivity index (χ3v) is 2.39. The van der Waals surface area contributed by atoms with Gasteiger partial charge >= 0.3 is 5.97 Å². The van der Waals surface area contributed by atoms with Crippen LogP contribution in [-0.4, -0.2) is 39.7 Å². The predicted octanol–water partition coefficient (Wildman–Crippen LogP) is -0.0340. The molecule has 3 N–H and O–H groups in total. The minimum absolute atomic E-state index is 0.00790. The summed E-state index contributed by atoms with van der Waals surface area (Å²) in [5, 5.41) is 20.0. The fourth-order valence-electron chi connectivity index (χ4n) is 1.36. The number of rotatable bonds is 7. The third kappa shape index (κ3) is 5.40. The van der Waals surface area contributed by atoms with Gasteiger partial charge in [0.05, 0.1) is 0 Å². The van der Waals surface area contributed by atoms with Crippen molar-refractivity contribution in [2.24, 2.45) is 0 Å². The molecule has 0 aromatic carbocycles.